The van der Waals surface area contributed by atoms with Crippen LogP contribution in [-0.2, 0) is 0 Å². The summed E-state index contributed by atoms with van der Waals surface area (Å²) in [5.74, 6) is 0. The summed E-state index contributed by atoms with van der Waals surface area (Å²) in [4.78, 5) is 4.29. The Labute approximate surface area is 110 Å². The maximum absolute atomic E-state index is 4.29. The van der Waals surface area contributed by atoms with Crippen LogP contribution in [0, 0.1) is 10.8 Å². The van der Waals surface area contributed by atoms with Gasteiger partial charge in [-0.1, -0.05) is 34.6 Å². The molecule has 1 saturated carbocycles. The van der Waals surface area contributed by atoms with E-state index in [0.717, 1.165) is 24.3 Å². The Hall–Kier alpha value is -1.25. The van der Waals surface area contributed by atoms with Gasteiger partial charge in [-0.2, -0.15) is 0 Å². The Bertz CT molecular complexity index is 410. The molecule has 1 heterocycles. The molecule has 1 aromatic rings. The van der Waals surface area contributed by atoms with Gasteiger partial charge in [-0.3, -0.25) is 4.98 Å². The summed E-state index contributed by atoms with van der Waals surface area (Å²) in [7, 11) is 0. The number of pyridine rings is 1. The lowest BCUT2D eigenvalue weighted by Gasteiger charge is -2.10. The van der Waals surface area contributed by atoms with Crippen LogP contribution in [0.15, 0.2) is 18.5 Å². The molecule has 0 atom stereocenters. The molecule has 0 saturated heterocycles. The van der Waals surface area contributed by atoms with Crippen molar-refractivity contribution >= 4 is 11.4 Å². The molecule has 0 unspecified atom stereocenters. The quantitative estimate of drug-likeness (QED) is 0.832. The highest BCUT2D eigenvalue weighted by molar-refractivity contribution is 5.56. The monoisotopic (exact) mass is 247 g/mol. The standard InChI is InChI=1S/C15H25N3/c1-6-7-17-11-8-12(10-16-9-11)18-13-14(2,3)15(13,4)5/h8-10,13,17-18H,6-7H2,1-5H3. The van der Waals surface area contributed by atoms with Gasteiger partial charge in [0.1, 0.15) is 0 Å². The van der Waals surface area contributed by atoms with Crippen molar-refractivity contribution in [2.75, 3.05) is 17.2 Å². The van der Waals surface area contributed by atoms with Crippen LogP contribution in [-0.4, -0.2) is 17.6 Å². The zero-order valence-electron chi connectivity index (χ0n) is 12.2. The smallest absolute Gasteiger partial charge is 0.0550 e. The van der Waals surface area contributed by atoms with E-state index in [4.69, 9.17) is 0 Å². The van der Waals surface area contributed by atoms with Crippen molar-refractivity contribution in [3.63, 3.8) is 0 Å². The molecule has 0 radical (unpaired) electrons. The molecule has 3 nitrogen and oxygen atoms in total. The Kier molecular flexibility index (Phi) is 3.26. The van der Waals surface area contributed by atoms with Crippen LogP contribution < -0.4 is 10.6 Å². The molecule has 2 rings (SSSR count). The third-order valence-electron chi connectivity index (χ3n) is 4.65. The van der Waals surface area contributed by atoms with Crippen molar-refractivity contribution < 1.29 is 0 Å². The van der Waals surface area contributed by atoms with Gasteiger partial charge in [0.25, 0.3) is 0 Å². The Balaban J connectivity index is 2.03. The zero-order valence-corrected chi connectivity index (χ0v) is 12.2. The van der Waals surface area contributed by atoms with Crippen LogP contribution in [0.4, 0.5) is 11.4 Å². The van der Waals surface area contributed by atoms with Gasteiger partial charge in [-0.15, -0.1) is 0 Å². The number of anilines is 2. The van der Waals surface area contributed by atoms with Crippen LogP contribution in [0.1, 0.15) is 41.0 Å². The largest absolute Gasteiger partial charge is 0.384 e. The first-order chi connectivity index (χ1) is 8.39. The van der Waals surface area contributed by atoms with Crippen LogP contribution in [0.5, 0.6) is 0 Å². The first-order valence-electron chi connectivity index (χ1n) is 6.85. The molecule has 1 aromatic heterocycles. The lowest BCUT2D eigenvalue weighted by atomic mass is 10.0. The lowest BCUT2D eigenvalue weighted by molar-refractivity contribution is 0.457. The Morgan fingerprint density at radius 3 is 2.28 bits per heavy atom. The molecule has 0 bridgehead atoms. The number of hydrogen-bond donors (Lipinski definition) is 2. The summed E-state index contributed by atoms with van der Waals surface area (Å²) in [5, 5.41) is 6.98. The molecule has 1 aliphatic carbocycles. The van der Waals surface area contributed by atoms with E-state index in [2.05, 4.69) is 56.3 Å². The topological polar surface area (TPSA) is 37.0 Å². The van der Waals surface area contributed by atoms with Gasteiger partial charge in [0.05, 0.1) is 23.8 Å². The van der Waals surface area contributed by atoms with E-state index in [0.29, 0.717) is 16.9 Å². The number of hydrogen-bond acceptors (Lipinski definition) is 3. The van der Waals surface area contributed by atoms with Crippen molar-refractivity contribution in [3.05, 3.63) is 18.5 Å². The fourth-order valence-corrected chi connectivity index (χ4v) is 2.61. The second-order valence-electron chi connectivity index (χ2n) is 6.41. The molecule has 2 N–H and O–H groups in total. The van der Waals surface area contributed by atoms with Crippen molar-refractivity contribution in [1.29, 1.82) is 0 Å². The molecule has 0 spiro atoms. The molecular weight excluding hydrogens is 222 g/mol. The van der Waals surface area contributed by atoms with E-state index in [1.165, 1.54) is 0 Å². The fraction of sp³-hybridized carbons (Fsp3) is 0.667. The van der Waals surface area contributed by atoms with Gasteiger partial charge in [-0.25, -0.2) is 0 Å². The van der Waals surface area contributed by atoms with E-state index in [1.54, 1.807) is 0 Å². The maximum atomic E-state index is 4.29. The molecule has 100 valence electrons. The minimum absolute atomic E-state index is 0.347. The molecule has 0 aliphatic heterocycles. The molecule has 3 heteroatoms. The molecule has 0 amide bonds. The van der Waals surface area contributed by atoms with Crippen molar-refractivity contribution in [3.8, 4) is 0 Å². The van der Waals surface area contributed by atoms with Gasteiger partial charge in [0.2, 0.25) is 0 Å². The first-order valence-corrected chi connectivity index (χ1v) is 6.85. The normalized spacial score (nSPS) is 20.5. The second-order valence-corrected chi connectivity index (χ2v) is 6.41. The lowest BCUT2D eigenvalue weighted by Crippen LogP contribution is -2.10. The third kappa shape index (κ3) is 2.18. The summed E-state index contributed by atoms with van der Waals surface area (Å²) in [6, 6.07) is 2.67. The van der Waals surface area contributed by atoms with Gasteiger partial charge in [0.15, 0.2) is 0 Å². The second kappa shape index (κ2) is 4.45. The number of nitrogens with one attached hydrogen (secondary N) is 2. The third-order valence-corrected chi connectivity index (χ3v) is 4.65. The highest BCUT2D eigenvalue weighted by Gasteiger charge is 2.64. The molecule has 0 aromatic carbocycles. The fourth-order valence-electron chi connectivity index (χ4n) is 2.61. The highest BCUT2D eigenvalue weighted by atomic mass is 15.1. The van der Waals surface area contributed by atoms with Gasteiger partial charge in [-0.05, 0) is 23.3 Å². The predicted octanol–water partition coefficient (Wildman–Crippen LogP) is 3.75. The van der Waals surface area contributed by atoms with Crippen LogP contribution in [0.2, 0.25) is 0 Å². The molecule has 1 fully saturated rings. The summed E-state index contributed by atoms with van der Waals surface area (Å²) >= 11 is 0. The van der Waals surface area contributed by atoms with Gasteiger partial charge < -0.3 is 10.6 Å². The van der Waals surface area contributed by atoms with Crippen LogP contribution in [0.3, 0.4) is 0 Å². The van der Waals surface area contributed by atoms with E-state index < -0.39 is 0 Å². The summed E-state index contributed by atoms with van der Waals surface area (Å²) in [6.07, 6.45) is 4.91. The van der Waals surface area contributed by atoms with E-state index in [-0.39, 0.29) is 0 Å². The van der Waals surface area contributed by atoms with E-state index in [1.807, 2.05) is 12.4 Å². The van der Waals surface area contributed by atoms with E-state index in [9.17, 15) is 0 Å². The van der Waals surface area contributed by atoms with Crippen molar-refractivity contribution in [1.82, 2.24) is 4.98 Å². The average molecular weight is 247 g/mol. The first kappa shape index (κ1) is 13.2. The number of aromatic nitrogens is 1. The van der Waals surface area contributed by atoms with Crippen LogP contribution >= 0.6 is 0 Å². The highest BCUT2D eigenvalue weighted by Crippen LogP contribution is 2.63. The van der Waals surface area contributed by atoms with Crippen molar-refractivity contribution in [2.45, 2.75) is 47.1 Å². The van der Waals surface area contributed by atoms with Gasteiger partial charge in [0, 0.05) is 12.6 Å². The number of rotatable bonds is 5. The SMILES string of the molecule is CCCNc1cncc(NC2C(C)(C)C2(C)C)c1. The van der Waals surface area contributed by atoms with E-state index >= 15 is 0 Å². The van der Waals surface area contributed by atoms with Crippen LogP contribution in [0.25, 0.3) is 0 Å². The molecule has 18 heavy (non-hydrogen) atoms. The molecule has 1 aliphatic rings. The zero-order chi connectivity index (χ0) is 13.4. The summed E-state index contributed by atoms with van der Waals surface area (Å²) < 4.78 is 0. The average Bonchev–Trinajstić information content (AvgIpc) is 2.70. The predicted molar refractivity (Wildman–Crippen MR) is 78.0 cm³/mol. The Morgan fingerprint density at radius 1 is 1.11 bits per heavy atom. The minimum atomic E-state index is 0.347. The maximum Gasteiger partial charge on any atom is 0.0550 e. The summed E-state index contributed by atoms with van der Waals surface area (Å²) in [5.41, 5.74) is 2.90. The Morgan fingerprint density at radius 2 is 1.72 bits per heavy atom. The molecular formula is C15H25N3. The minimum Gasteiger partial charge on any atom is -0.384 e. The van der Waals surface area contributed by atoms with Crippen molar-refractivity contribution in [2.24, 2.45) is 10.8 Å². The number of nitrogens with zero attached hydrogens (tertiary/aromatic N) is 1. The van der Waals surface area contributed by atoms with Gasteiger partial charge >= 0.3 is 0 Å². The summed E-state index contributed by atoms with van der Waals surface area (Å²) in [6.45, 7) is 12.4.